The fourth-order valence-corrected chi connectivity index (χ4v) is 1.74. The van der Waals surface area contributed by atoms with Crippen LogP contribution in [0, 0.1) is 0 Å². The van der Waals surface area contributed by atoms with Gasteiger partial charge in [-0.05, 0) is 26.0 Å². The maximum Gasteiger partial charge on any atom is 0.257 e. The molecule has 1 aromatic carbocycles. The van der Waals surface area contributed by atoms with Gasteiger partial charge in [0.2, 0.25) is 0 Å². The largest absolute Gasteiger partial charge is 0.493 e. The highest BCUT2D eigenvalue weighted by molar-refractivity contribution is 5.97. The third-order valence-corrected chi connectivity index (χ3v) is 2.68. The smallest absolute Gasteiger partial charge is 0.257 e. The molecular weight excluding hydrogens is 218 g/mol. The van der Waals surface area contributed by atoms with Gasteiger partial charge in [0.1, 0.15) is 0 Å². The summed E-state index contributed by atoms with van der Waals surface area (Å²) in [5, 5.41) is 0. The first-order valence-corrected chi connectivity index (χ1v) is 5.69. The lowest BCUT2D eigenvalue weighted by Crippen LogP contribution is -2.30. The molecule has 0 unspecified atom stereocenters. The highest BCUT2D eigenvalue weighted by atomic mass is 16.5. The van der Waals surface area contributed by atoms with Gasteiger partial charge in [0, 0.05) is 13.1 Å². The molecule has 0 spiro atoms. The predicted octanol–water partition coefficient (Wildman–Crippen LogP) is 2.19. The zero-order valence-corrected chi connectivity index (χ0v) is 10.8. The molecule has 1 amide bonds. The first-order valence-electron chi connectivity index (χ1n) is 5.69. The van der Waals surface area contributed by atoms with Crippen molar-refractivity contribution in [2.45, 2.75) is 13.8 Å². The summed E-state index contributed by atoms with van der Waals surface area (Å²) >= 11 is 0. The Bertz CT molecular complexity index is 386. The molecule has 0 N–H and O–H groups in total. The van der Waals surface area contributed by atoms with Crippen LogP contribution in [0.4, 0.5) is 0 Å². The van der Waals surface area contributed by atoms with Crippen LogP contribution in [-0.4, -0.2) is 38.1 Å². The number of carbonyl (C=O) groups excluding carboxylic acids is 1. The Morgan fingerprint density at radius 2 is 1.82 bits per heavy atom. The van der Waals surface area contributed by atoms with Gasteiger partial charge in [-0.1, -0.05) is 6.07 Å². The van der Waals surface area contributed by atoms with Crippen LogP contribution in [0.25, 0.3) is 0 Å². The van der Waals surface area contributed by atoms with Gasteiger partial charge in [-0.15, -0.1) is 0 Å². The second kappa shape index (κ2) is 6.13. The van der Waals surface area contributed by atoms with Crippen LogP contribution in [0.1, 0.15) is 24.2 Å². The number of methoxy groups -OCH3 is 2. The Morgan fingerprint density at radius 3 is 2.29 bits per heavy atom. The summed E-state index contributed by atoms with van der Waals surface area (Å²) in [4.78, 5) is 14.0. The van der Waals surface area contributed by atoms with Crippen molar-refractivity contribution < 1.29 is 14.3 Å². The minimum absolute atomic E-state index is 0.0363. The van der Waals surface area contributed by atoms with E-state index in [9.17, 15) is 4.79 Å². The van der Waals surface area contributed by atoms with Gasteiger partial charge >= 0.3 is 0 Å². The van der Waals surface area contributed by atoms with Crippen molar-refractivity contribution in [3.8, 4) is 11.5 Å². The lowest BCUT2D eigenvalue weighted by atomic mass is 10.1. The number of rotatable bonds is 5. The van der Waals surface area contributed by atoms with Crippen molar-refractivity contribution in [3.63, 3.8) is 0 Å². The molecular formula is C13H19NO3. The fourth-order valence-electron chi connectivity index (χ4n) is 1.74. The molecule has 0 aliphatic carbocycles. The summed E-state index contributed by atoms with van der Waals surface area (Å²) in [6, 6.07) is 5.32. The average Bonchev–Trinajstić information content (AvgIpc) is 2.38. The van der Waals surface area contributed by atoms with Crippen molar-refractivity contribution in [3.05, 3.63) is 23.8 Å². The molecule has 0 aromatic heterocycles. The first kappa shape index (κ1) is 13.4. The number of amides is 1. The monoisotopic (exact) mass is 237 g/mol. The van der Waals surface area contributed by atoms with Crippen molar-refractivity contribution >= 4 is 5.91 Å². The molecule has 4 heteroatoms. The molecule has 0 aliphatic rings. The van der Waals surface area contributed by atoms with E-state index in [4.69, 9.17) is 9.47 Å². The van der Waals surface area contributed by atoms with E-state index in [1.807, 2.05) is 13.8 Å². The molecule has 0 radical (unpaired) electrons. The molecule has 17 heavy (non-hydrogen) atoms. The highest BCUT2D eigenvalue weighted by Crippen LogP contribution is 2.31. The van der Waals surface area contributed by atoms with E-state index in [0.29, 0.717) is 30.2 Å². The topological polar surface area (TPSA) is 38.8 Å². The van der Waals surface area contributed by atoms with E-state index in [0.717, 1.165) is 0 Å². The zero-order valence-electron chi connectivity index (χ0n) is 10.8. The number of para-hydroxylation sites is 1. The van der Waals surface area contributed by atoms with Gasteiger partial charge in [-0.25, -0.2) is 0 Å². The summed E-state index contributed by atoms with van der Waals surface area (Å²) in [6.07, 6.45) is 0. The Hall–Kier alpha value is -1.71. The molecule has 94 valence electrons. The van der Waals surface area contributed by atoms with E-state index in [1.165, 1.54) is 7.11 Å². The molecule has 1 rings (SSSR count). The van der Waals surface area contributed by atoms with Crippen molar-refractivity contribution in [2.75, 3.05) is 27.3 Å². The molecule has 0 atom stereocenters. The maximum atomic E-state index is 12.2. The van der Waals surface area contributed by atoms with Crippen LogP contribution in [0.3, 0.4) is 0 Å². The van der Waals surface area contributed by atoms with E-state index < -0.39 is 0 Å². The Labute approximate surface area is 102 Å². The van der Waals surface area contributed by atoms with Crippen molar-refractivity contribution in [1.29, 1.82) is 0 Å². The second-order valence-electron chi connectivity index (χ2n) is 3.52. The summed E-state index contributed by atoms with van der Waals surface area (Å²) in [7, 11) is 3.10. The number of benzene rings is 1. The van der Waals surface area contributed by atoms with Crippen LogP contribution in [0.15, 0.2) is 18.2 Å². The van der Waals surface area contributed by atoms with Crippen LogP contribution in [0.2, 0.25) is 0 Å². The van der Waals surface area contributed by atoms with E-state index in [-0.39, 0.29) is 5.91 Å². The van der Waals surface area contributed by atoms with E-state index >= 15 is 0 Å². The molecule has 0 aliphatic heterocycles. The van der Waals surface area contributed by atoms with Gasteiger partial charge < -0.3 is 14.4 Å². The van der Waals surface area contributed by atoms with E-state index in [2.05, 4.69) is 0 Å². The number of nitrogens with zero attached hydrogens (tertiary/aromatic N) is 1. The number of hydrogen-bond donors (Lipinski definition) is 0. The van der Waals surface area contributed by atoms with E-state index in [1.54, 1.807) is 30.2 Å². The second-order valence-corrected chi connectivity index (χ2v) is 3.52. The fraction of sp³-hybridized carbons (Fsp3) is 0.462. The lowest BCUT2D eigenvalue weighted by molar-refractivity contribution is 0.0769. The van der Waals surface area contributed by atoms with Crippen molar-refractivity contribution in [2.24, 2.45) is 0 Å². The average molecular weight is 237 g/mol. The number of ether oxygens (including phenoxy) is 2. The van der Waals surface area contributed by atoms with Crippen molar-refractivity contribution in [1.82, 2.24) is 4.90 Å². The first-order chi connectivity index (χ1) is 8.19. The molecule has 1 aromatic rings. The van der Waals surface area contributed by atoms with Crippen LogP contribution in [-0.2, 0) is 0 Å². The van der Waals surface area contributed by atoms with Gasteiger partial charge in [0.25, 0.3) is 5.91 Å². The lowest BCUT2D eigenvalue weighted by Gasteiger charge is -2.20. The summed E-state index contributed by atoms with van der Waals surface area (Å²) < 4.78 is 10.4. The third-order valence-electron chi connectivity index (χ3n) is 2.68. The van der Waals surface area contributed by atoms with Gasteiger partial charge in [0.05, 0.1) is 19.8 Å². The van der Waals surface area contributed by atoms with Crippen LogP contribution < -0.4 is 9.47 Å². The Kier molecular flexibility index (Phi) is 4.82. The van der Waals surface area contributed by atoms with Gasteiger partial charge in [-0.2, -0.15) is 0 Å². The molecule has 0 fully saturated rings. The predicted molar refractivity (Wildman–Crippen MR) is 66.8 cm³/mol. The highest BCUT2D eigenvalue weighted by Gasteiger charge is 2.19. The number of hydrogen-bond acceptors (Lipinski definition) is 3. The maximum absolute atomic E-state index is 12.2. The Morgan fingerprint density at radius 1 is 1.18 bits per heavy atom. The quantitative estimate of drug-likeness (QED) is 0.788. The molecule has 4 nitrogen and oxygen atoms in total. The zero-order chi connectivity index (χ0) is 12.8. The summed E-state index contributed by atoms with van der Waals surface area (Å²) in [6.45, 7) is 5.26. The van der Waals surface area contributed by atoms with Crippen LogP contribution in [0.5, 0.6) is 11.5 Å². The molecule has 0 saturated heterocycles. The minimum Gasteiger partial charge on any atom is -0.493 e. The SMILES string of the molecule is CCN(CC)C(=O)c1cccc(OC)c1OC. The van der Waals surface area contributed by atoms with Gasteiger partial charge in [0.15, 0.2) is 11.5 Å². The standard InChI is InChI=1S/C13H19NO3/c1-5-14(6-2)13(15)10-8-7-9-11(16-3)12(10)17-4/h7-9H,5-6H2,1-4H3. The minimum atomic E-state index is -0.0363. The van der Waals surface area contributed by atoms with Gasteiger partial charge in [-0.3, -0.25) is 4.79 Å². The Balaban J connectivity index is 3.16. The molecule has 0 heterocycles. The summed E-state index contributed by atoms with van der Waals surface area (Å²) in [5.74, 6) is 1.03. The summed E-state index contributed by atoms with van der Waals surface area (Å²) in [5.41, 5.74) is 0.538. The number of carbonyl (C=O) groups is 1. The molecule has 0 bridgehead atoms. The molecule has 0 saturated carbocycles. The van der Waals surface area contributed by atoms with Crippen LogP contribution >= 0.6 is 0 Å². The normalized spacial score (nSPS) is 9.88. The third kappa shape index (κ3) is 2.70.